The van der Waals surface area contributed by atoms with Gasteiger partial charge in [0.25, 0.3) is 0 Å². The van der Waals surface area contributed by atoms with Gasteiger partial charge in [0.1, 0.15) is 28.8 Å². The van der Waals surface area contributed by atoms with Crippen LogP contribution in [0.1, 0.15) is 6.92 Å². The zero-order valence-corrected chi connectivity index (χ0v) is 15.6. The molecule has 0 N–H and O–H groups in total. The molecule has 3 rings (SSSR count). The second kappa shape index (κ2) is 8.39. The highest BCUT2D eigenvalue weighted by molar-refractivity contribution is 5.89. The Morgan fingerprint density at radius 3 is 2.34 bits per heavy atom. The Balaban J connectivity index is 1.88. The summed E-state index contributed by atoms with van der Waals surface area (Å²) in [6.07, 6.45) is 1.07. The Labute approximate surface area is 166 Å². The quantitative estimate of drug-likeness (QED) is 0.322. The van der Waals surface area contributed by atoms with Crippen molar-refractivity contribution in [1.82, 2.24) is 0 Å². The third-order valence-corrected chi connectivity index (χ3v) is 3.82. The lowest BCUT2D eigenvalue weighted by atomic mass is 10.1. The SMILES string of the molecule is C=CC(=O)Oc1cccc(-c2ccc(-c3cc(F)cc(OC(=O)C(=C)C)c3)o2)c1. The third kappa shape index (κ3) is 4.87. The van der Waals surface area contributed by atoms with Crippen LogP contribution >= 0.6 is 0 Å². The predicted octanol–water partition coefficient (Wildman–Crippen LogP) is 5.33. The maximum atomic E-state index is 14.0. The normalized spacial score (nSPS) is 10.3. The maximum Gasteiger partial charge on any atom is 0.338 e. The Kier molecular flexibility index (Phi) is 5.74. The van der Waals surface area contributed by atoms with Gasteiger partial charge in [0, 0.05) is 28.8 Å². The van der Waals surface area contributed by atoms with E-state index in [1.165, 1.54) is 19.1 Å². The molecule has 0 aliphatic rings. The first kappa shape index (κ1) is 19.8. The molecule has 5 nitrogen and oxygen atoms in total. The van der Waals surface area contributed by atoms with Gasteiger partial charge in [-0.05, 0) is 43.3 Å². The molecular formula is C23H17FO5. The number of hydrogen-bond donors (Lipinski definition) is 0. The minimum absolute atomic E-state index is 0.0456. The number of ether oxygens (including phenoxy) is 2. The van der Waals surface area contributed by atoms with Crippen molar-refractivity contribution < 1.29 is 27.9 Å². The van der Waals surface area contributed by atoms with Crippen LogP contribution in [0, 0.1) is 5.82 Å². The Morgan fingerprint density at radius 2 is 1.66 bits per heavy atom. The van der Waals surface area contributed by atoms with Crippen molar-refractivity contribution in [2.24, 2.45) is 0 Å². The van der Waals surface area contributed by atoms with Crippen LogP contribution in [-0.4, -0.2) is 11.9 Å². The monoisotopic (exact) mass is 392 g/mol. The molecule has 0 aliphatic heterocycles. The summed E-state index contributed by atoms with van der Waals surface area (Å²) in [6.45, 7) is 8.36. The second-order valence-corrected chi connectivity index (χ2v) is 6.16. The van der Waals surface area contributed by atoms with E-state index in [9.17, 15) is 14.0 Å². The van der Waals surface area contributed by atoms with Gasteiger partial charge in [0.2, 0.25) is 0 Å². The molecule has 0 radical (unpaired) electrons. The Morgan fingerprint density at radius 1 is 0.966 bits per heavy atom. The Bertz CT molecular complexity index is 1110. The highest BCUT2D eigenvalue weighted by Gasteiger charge is 2.13. The highest BCUT2D eigenvalue weighted by Crippen LogP contribution is 2.32. The number of esters is 2. The lowest BCUT2D eigenvalue weighted by molar-refractivity contribution is -0.130. The number of furan rings is 1. The summed E-state index contributed by atoms with van der Waals surface area (Å²) in [4.78, 5) is 23.0. The van der Waals surface area contributed by atoms with Crippen LogP contribution in [0.5, 0.6) is 11.5 Å². The lowest BCUT2D eigenvalue weighted by Gasteiger charge is -2.06. The minimum Gasteiger partial charge on any atom is -0.456 e. The number of halogens is 1. The molecule has 3 aromatic rings. The molecular weight excluding hydrogens is 375 g/mol. The van der Waals surface area contributed by atoms with E-state index >= 15 is 0 Å². The van der Waals surface area contributed by atoms with Gasteiger partial charge in [-0.25, -0.2) is 14.0 Å². The van der Waals surface area contributed by atoms with Crippen molar-refractivity contribution >= 4 is 11.9 Å². The van der Waals surface area contributed by atoms with E-state index in [0.29, 0.717) is 28.4 Å². The number of benzene rings is 2. The molecule has 0 amide bonds. The van der Waals surface area contributed by atoms with Crippen molar-refractivity contribution in [3.63, 3.8) is 0 Å². The van der Waals surface area contributed by atoms with Crippen molar-refractivity contribution in [2.75, 3.05) is 0 Å². The second-order valence-electron chi connectivity index (χ2n) is 6.16. The standard InChI is InChI=1S/C23H17FO5/c1-4-22(25)27-18-7-5-6-15(11-18)20-8-9-21(29-20)16-10-17(24)13-19(12-16)28-23(26)14(2)3/h4-13H,1-2H2,3H3. The van der Waals surface area contributed by atoms with Crippen molar-refractivity contribution in [1.29, 1.82) is 0 Å². The molecule has 0 atom stereocenters. The minimum atomic E-state index is -0.646. The van der Waals surface area contributed by atoms with E-state index in [2.05, 4.69) is 13.2 Å². The summed E-state index contributed by atoms with van der Waals surface area (Å²) in [6, 6.07) is 14.0. The van der Waals surface area contributed by atoms with Crippen LogP contribution in [0.15, 0.2) is 83.8 Å². The molecule has 29 heavy (non-hydrogen) atoms. The predicted molar refractivity (Wildman–Crippen MR) is 106 cm³/mol. The molecule has 0 aliphatic carbocycles. The summed E-state index contributed by atoms with van der Waals surface area (Å²) in [5.41, 5.74) is 1.26. The molecule has 1 aromatic heterocycles. The molecule has 0 spiro atoms. The van der Waals surface area contributed by atoms with E-state index in [-0.39, 0.29) is 11.3 Å². The lowest BCUT2D eigenvalue weighted by Crippen LogP contribution is -2.08. The van der Waals surface area contributed by atoms with Crippen molar-refractivity contribution in [3.05, 3.63) is 85.2 Å². The van der Waals surface area contributed by atoms with Crippen LogP contribution in [0.2, 0.25) is 0 Å². The molecule has 6 heteroatoms. The number of carbonyl (C=O) groups is 2. The Hall–Kier alpha value is -3.93. The first-order chi connectivity index (χ1) is 13.9. The van der Waals surface area contributed by atoms with Gasteiger partial charge >= 0.3 is 11.9 Å². The molecule has 2 aromatic carbocycles. The summed E-state index contributed by atoms with van der Waals surface area (Å²) >= 11 is 0. The van der Waals surface area contributed by atoms with E-state index < -0.39 is 17.8 Å². The molecule has 1 heterocycles. The average molecular weight is 392 g/mol. The van der Waals surface area contributed by atoms with Crippen molar-refractivity contribution in [2.45, 2.75) is 6.92 Å². The van der Waals surface area contributed by atoms with Gasteiger partial charge in [0.05, 0.1) is 0 Å². The van der Waals surface area contributed by atoms with E-state index in [0.717, 1.165) is 12.1 Å². The van der Waals surface area contributed by atoms with Gasteiger partial charge in [-0.3, -0.25) is 0 Å². The highest BCUT2D eigenvalue weighted by atomic mass is 19.1. The summed E-state index contributed by atoms with van der Waals surface area (Å²) < 4.78 is 30.0. The zero-order chi connectivity index (χ0) is 21.0. The maximum absolute atomic E-state index is 14.0. The first-order valence-electron chi connectivity index (χ1n) is 8.59. The zero-order valence-electron chi connectivity index (χ0n) is 15.6. The smallest absolute Gasteiger partial charge is 0.338 e. The fraction of sp³-hybridized carbons (Fsp3) is 0.0435. The molecule has 0 unspecified atom stereocenters. The van der Waals surface area contributed by atoms with Gasteiger partial charge in [-0.1, -0.05) is 25.3 Å². The van der Waals surface area contributed by atoms with Gasteiger partial charge in [0.15, 0.2) is 0 Å². The van der Waals surface area contributed by atoms with E-state index in [1.807, 2.05) is 0 Å². The van der Waals surface area contributed by atoms with E-state index in [1.54, 1.807) is 36.4 Å². The number of carbonyl (C=O) groups excluding carboxylic acids is 2. The molecule has 0 fully saturated rings. The summed E-state index contributed by atoms with van der Waals surface area (Å²) in [7, 11) is 0. The summed E-state index contributed by atoms with van der Waals surface area (Å²) in [5.74, 6) is -0.550. The number of rotatable bonds is 6. The topological polar surface area (TPSA) is 65.7 Å². The number of hydrogen-bond acceptors (Lipinski definition) is 5. The van der Waals surface area contributed by atoms with Crippen LogP contribution in [0.25, 0.3) is 22.6 Å². The van der Waals surface area contributed by atoms with Crippen LogP contribution in [-0.2, 0) is 9.59 Å². The van der Waals surface area contributed by atoms with Gasteiger partial charge in [-0.15, -0.1) is 0 Å². The summed E-state index contributed by atoms with van der Waals surface area (Å²) in [5, 5.41) is 0. The average Bonchev–Trinajstić information content (AvgIpc) is 3.18. The molecule has 0 saturated heterocycles. The van der Waals surface area contributed by atoms with Gasteiger partial charge in [-0.2, -0.15) is 0 Å². The molecule has 146 valence electrons. The van der Waals surface area contributed by atoms with E-state index in [4.69, 9.17) is 13.9 Å². The van der Waals surface area contributed by atoms with Crippen molar-refractivity contribution in [3.8, 4) is 34.1 Å². The molecule has 0 bridgehead atoms. The van der Waals surface area contributed by atoms with Gasteiger partial charge < -0.3 is 13.9 Å². The largest absolute Gasteiger partial charge is 0.456 e. The first-order valence-corrected chi connectivity index (χ1v) is 8.59. The fourth-order valence-corrected chi connectivity index (χ4v) is 2.48. The van der Waals surface area contributed by atoms with Crippen LogP contribution in [0.4, 0.5) is 4.39 Å². The fourth-order valence-electron chi connectivity index (χ4n) is 2.48. The third-order valence-electron chi connectivity index (χ3n) is 3.82. The van der Waals surface area contributed by atoms with Crippen LogP contribution < -0.4 is 9.47 Å². The molecule has 0 saturated carbocycles. The van der Waals surface area contributed by atoms with Crippen LogP contribution in [0.3, 0.4) is 0 Å².